The fourth-order valence-corrected chi connectivity index (χ4v) is 2.54. The summed E-state index contributed by atoms with van der Waals surface area (Å²) in [6.07, 6.45) is 4.19. The fraction of sp³-hybridized carbons (Fsp3) is 0.250. The summed E-state index contributed by atoms with van der Waals surface area (Å²) in [5, 5.41) is 2.96. The number of hydrogen-bond donors (Lipinski definition) is 1. The maximum Gasteiger partial charge on any atom is 0.244 e. The van der Waals surface area contributed by atoms with Crippen LogP contribution in [0.2, 0.25) is 0 Å². The molecule has 0 saturated carbocycles. The molecule has 1 unspecified atom stereocenters. The molecule has 1 aliphatic heterocycles. The van der Waals surface area contributed by atoms with Gasteiger partial charge in [-0.15, -0.1) is 0 Å². The van der Waals surface area contributed by atoms with Crippen molar-refractivity contribution in [2.24, 2.45) is 0 Å². The Morgan fingerprint density at radius 1 is 1.08 bits per heavy atom. The largest absolute Gasteiger partial charge is 0.490 e. The van der Waals surface area contributed by atoms with Gasteiger partial charge in [0.2, 0.25) is 5.91 Å². The number of carbonyl (C=O) groups is 1. The zero-order valence-corrected chi connectivity index (χ0v) is 13.7. The Kier molecular flexibility index (Phi) is 5.16. The molecule has 2 aromatic carbocycles. The summed E-state index contributed by atoms with van der Waals surface area (Å²) in [6, 6.07) is 15.5. The molecule has 4 nitrogen and oxygen atoms in total. The highest BCUT2D eigenvalue weighted by atomic mass is 16.5. The van der Waals surface area contributed by atoms with Crippen LogP contribution in [0, 0.1) is 0 Å². The fourth-order valence-electron chi connectivity index (χ4n) is 2.54. The van der Waals surface area contributed by atoms with E-state index in [1.165, 1.54) is 0 Å². The third-order valence-corrected chi connectivity index (χ3v) is 3.86. The summed E-state index contributed by atoms with van der Waals surface area (Å²) in [7, 11) is 0. The number of nitrogens with one attached hydrogen (secondary N) is 1. The summed E-state index contributed by atoms with van der Waals surface area (Å²) >= 11 is 0. The molecule has 4 heteroatoms. The Balaban J connectivity index is 1.63. The Morgan fingerprint density at radius 3 is 2.62 bits per heavy atom. The van der Waals surface area contributed by atoms with E-state index in [4.69, 9.17) is 9.47 Å². The van der Waals surface area contributed by atoms with Crippen molar-refractivity contribution >= 4 is 12.0 Å². The lowest BCUT2D eigenvalue weighted by Gasteiger charge is -2.12. The van der Waals surface area contributed by atoms with Crippen LogP contribution in [0.4, 0.5) is 0 Å². The zero-order chi connectivity index (χ0) is 16.8. The maximum atomic E-state index is 12.1. The van der Waals surface area contributed by atoms with E-state index in [0.29, 0.717) is 13.2 Å². The van der Waals surface area contributed by atoms with Gasteiger partial charge in [0.05, 0.1) is 19.3 Å². The quantitative estimate of drug-likeness (QED) is 0.872. The first-order valence-electron chi connectivity index (χ1n) is 8.15. The Hall–Kier alpha value is -2.75. The lowest BCUT2D eigenvalue weighted by atomic mass is 10.1. The SMILES string of the molecule is CC(NC(=O)C=Cc1ccc2c(c1)OCCCO2)c1ccccc1. The van der Waals surface area contributed by atoms with Crippen LogP contribution < -0.4 is 14.8 Å². The van der Waals surface area contributed by atoms with Crippen molar-refractivity contribution < 1.29 is 14.3 Å². The Bertz CT molecular complexity index is 725. The van der Waals surface area contributed by atoms with Crippen LogP contribution in [-0.4, -0.2) is 19.1 Å². The van der Waals surface area contributed by atoms with Gasteiger partial charge in [-0.1, -0.05) is 36.4 Å². The first-order chi connectivity index (χ1) is 11.7. The summed E-state index contributed by atoms with van der Waals surface area (Å²) in [5.74, 6) is 1.36. The third-order valence-electron chi connectivity index (χ3n) is 3.86. The predicted molar refractivity (Wildman–Crippen MR) is 94.1 cm³/mol. The Morgan fingerprint density at radius 2 is 1.83 bits per heavy atom. The van der Waals surface area contributed by atoms with Crippen molar-refractivity contribution in [2.75, 3.05) is 13.2 Å². The number of hydrogen-bond acceptors (Lipinski definition) is 3. The van der Waals surface area contributed by atoms with Crippen molar-refractivity contribution in [2.45, 2.75) is 19.4 Å². The highest BCUT2D eigenvalue weighted by molar-refractivity contribution is 5.92. The van der Waals surface area contributed by atoms with E-state index in [2.05, 4.69) is 5.32 Å². The van der Waals surface area contributed by atoms with Crippen molar-refractivity contribution in [3.8, 4) is 11.5 Å². The van der Waals surface area contributed by atoms with E-state index in [1.54, 1.807) is 12.2 Å². The number of carbonyl (C=O) groups excluding carboxylic acids is 1. The molecule has 0 aliphatic carbocycles. The van der Waals surface area contributed by atoms with E-state index in [1.807, 2.05) is 55.5 Å². The molecule has 1 aliphatic rings. The molecule has 0 radical (unpaired) electrons. The predicted octanol–water partition coefficient (Wildman–Crippen LogP) is 3.74. The lowest BCUT2D eigenvalue weighted by molar-refractivity contribution is -0.117. The first-order valence-corrected chi connectivity index (χ1v) is 8.15. The van der Waals surface area contributed by atoms with Gasteiger partial charge >= 0.3 is 0 Å². The van der Waals surface area contributed by atoms with E-state index in [9.17, 15) is 4.79 Å². The average Bonchev–Trinajstić information content (AvgIpc) is 2.85. The molecule has 0 aromatic heterocycles. The van der Waals surface area contributed by atoms with Crippen LogP contribution in [0.3, 0.4) is 0 Å². The second-order valence-electron chi connectivity index (χ2n) is 5.73. The van der Waals surface area contributed by atoms with Crippen molar-refractivity contribution in [1.82, 2.24) is 5.32 Å². The minimum Gasteiger partial charge on any atom is -0.490 e. The molecule has 0 fully saturated rings. The summed E-state index contributed by atoms with van der Waals surface area (Å²) < 4.78 is 11.3. The van der Waals surface area contributed by atoms with Gasteiger partial charge in [-0.3, -0.25) is 4.79 Å². The summed E-state index contributed by atoms with van der Waals surface area (Å²) in [5.41, 5.74) is 1.98. The van der Waals surface area contributed by atoms with Gasteiger partial charge in [0.1, 0.15) is 0 Å². The minimum atomic E-state index is -0.126. The number of fused-ring (bicyclic) bond motifs is 1. The molecule has 1 N–H and O–H groups in total. The van der Waals surface area contributed by atoms with Crippen LogP contribution in [0.15, 0.2) is 54.6 Å². The topological polar surface area (TPSA) is 47.6 Å². The molecular weight excluding hydrogens is 302 g/mol. The summed E-state index contributed by atoms with van der Waals surface area (Å²) in [6.45, 7) is 3.28. The van der Waals surface area contributed by atoms with Crippen molar-refractivity contribution in [3.05, 3.63) is 65.7 Å². The second kappa shape index (κ2) is 7.68. The number of rotatable bonds is 4. The minimum absolute atomic E-state index is 0.0351. The normalized spacial score (nSPS) is 14.9. The van der Waals surface area contributed by atoms with Gasteiger partial charge in [0, 0.05) is 12.5 Å². The highest BCUT2D eigenvalue weighted by Gasteiger charge is 2.10. The van der Waals surface area contributed by atoms with Crippen LogP contribution in [-0.2, 0) is 4.79 Å². The zero-order valence-electron chi connectivity index (χ0n) is 13.7. The first kappa shape index (κ1) is 16.1. The van der Waals surface area contributed by atoms with E-state index < -0.39 is 0 Å². The standard InChI is InChI=1S/C20H21NO3/c1-15(17-6-3-2-4-7-17)21-20(22)11-9-16-8-10-18-19(14-16)24-13-5-12-23-18/h2-4,6-11,14-15H,5,12-13H2,1H3,(H,21,22). The molecule has 2 aromatic rings. The van der Waals surface area contributed by atoms with Crippen LogP contribution in [0.1, 0.15) is 30.5 Å². The van der Waals surface area contributed by atoms with Gasteiger partial charge in [-0.2, -0.15) is 0 Å². The number of benzene rings is 2. The maximum absolute atomic E-state index is 12.1. The lowest BCUT2D eigenvalue weighted by Crippen LogP contribution is -2.24. The van der Waals surface area contributed by atoms with Gasteiger partial charge in [0.15, 0.2) is 11.5 Å². The molecule has 24 heavy (non-hydrogen) atoms. The number of amides is 1. The molecule has 0 saturated heterocycles. The van der Waals surface area contributed by atoms with Crippen LogP contribution >= 0.6 is 0 Å². The molecule has 124 valence electrons. The molecular formula is C20H21NO3. The van der Waals surface area contributed by atoms with Crippen LogP contribution in [0.25, 0.3) is 6.08 Å². The highest BCUT2D eigenvalue weighted by Crippen LogP contribution is 2.30. The third kappa shape index (κ3) is 4.16. The van der Waals surface area contributed by atoms with Crippen LogP contribution in [0.5, 0.6) is 11.5 Å². The molecule has 0 spiro atoms. The molecule has 1 atom stereocenters. The average molecular weight is 323 g/mol. The smallest absolute Gasteiger partial charge is 0.244 e. The summed E-state index contributed by atoms with van der Waals surface area (Å²) in [4.78, 5) is 12.1. The van der Waals surface area contributed by atoms with E-state index in [-0.39, 0.29) is 11.9 Å². The van der Waals surface area contributed by atoms with Gasteiger partial charge in [-0.05, 0) is 36.3 Å². The number of ether oxygens (including phenoxy) is 2. The molecule has 1 amide bonds. The van der Waals surface area contributed by atoms with Crippen molar-refractivity contribution in [3.63, 3.8) is 0 Å². The monoisotopic (exact) mass is 323 g/mol. The van der Waals surface area contributed by atoms with Crippen molar-refractivity contribution in [1.29, 1.82) is 0 Å². The van der Waals surface area contributed by atoms with E-state index in [0.717, 1.165) is 29.0 Å². The van der Waals surface area contributed by atoms with Gasteiger partial charge < -0.3 is 14.8 Å². The Labute approximate surface area is 142 Å². The molecule has 1 heterocycles. The molecule has 0 bridgehead atoms. The van der Waals surface area contributed by atoms with E-state index >= 15 is 0 Å². The van der Waals surface area contributed by atoms with Gasteiger partial charge in [0.25, 0.3) is 0 Å². The van der Waals surface area contributed by atoms with Gasteiger partial charge in [-0.25, -0.2) is 0 Å². The molecule has 3 rings (SSSR count). The second-order valence-corrected chi connectivity index (χ2v) is 5.73.